The normalized spacial score (nSPS) is 12.9. The van der Waals surface area contributed by atoms with E-state index in [0.29, 0.717) is 36.4 Å². The van der Waals surface area contributed by atoms with Gasteiger partial charge in [0.05, 0.1) is 11.7 Å². The number of nitrogens with two attached hydrogens (primary N) is 1. The van der Waals surface area contributed by atoms with E-state index < -0.39 is 18.2 Å². The quantitative estimate of drug-likeness (QED) is 0.207. The van der Waals surface area contributed by atoms with Crippen molar-refractivity contribution in [3.8, 4) is 5.69 Å². The van der Waals surface area contributed by atoms with Crippen LogP contribution in [0.25, 0.3) is 16.7 Å². The molecule has 0 radical (unpaired) electrons. The summed E-state index contributed by atoms with van der Waals surface area (Å²) in [6.07, 6.45) is -0.358. The van der Waals surface area contributed by atoms with Gasteiger partial charge in [0.15, 0.2) is 5.96 Å². The molecule has 172 valence electrons. The van der Waals surface area contributed by atoms with Gasteiger partial charge in [-0.05, 0) is 36.7 Å². The van der Waals surface area contributed by atoms with Gasteiger partial charge in [-0.2, -0.15) is 4.98 Å². The number of halogens is 2. The van der Waals surface area contributed by atoms with Crippen LogP contribution in [0.5, 0.6) is 0 Å². The molecule has 3 aromatic rings. The average Bonchev–Trinajstić information content (AvgIpc) is 3.13. The predicted octanol–water partition coefficient (Wildman–Crippen LogP) is 2.78. The third kappa shape index (κ3) is 5.50. The molecule has 1 aromatic carbocycles. The van der Waals surface area contributed by atoms with Gasteiger partial charge >= 0.3 is 5.69 Å². The Morgan fingerprint density at radius 2 is 1.94 bits per heavy atom. The van der Waals surface area contributed by atoms with Crippen LogP contribution in [-0.2, 0) is 5.41 Å². The summed E-state index contributed by atoms with van der Waals surface area (Å²) in [4.78, 5) is 19.9. The fourth-order valence-electron chi connectivity index (χ4n) is 3.35. The second-order valence-corrected chi connectivity index (χ2v) is 8.68. The molecule has 6 N–H and O–H groups in total. The van der Waals surface area contributed by atoms with E-state index in [-0.39, 0.29) is 11.4 Å². The van der Waals surface area contributed by atoms with Crippen LogP contribution in [0.4, 0.5) is 8.78 Å². The summed E-state index contributed by atoms with van der Waals surface area (Å²) in [7, 11) is 0. The minimum absolute atomic E-state index is 0.115. The molecule has 10 heteroatoms. The van der Waals surface area contributed by atoms with Crippen molar-refractivity contribution < 1.29 is 8.78 Å². The Morgan fingerprint density at radius 1 is 1.25 bits per heavy atom. The Balaban J connectivity index is 1.79. The maximum Gasteiger partial charge on any atom is 0.354 e. The van der Waals surface area contributed by atoms with Crippen LogP contribution >= 0.6 is 0 Å². The molecular weight excluding hydrogens is 416 g/mol. The molecule has 8 nitrogen and oxygen atoms in total. The van der Waals surface area contributed by atoms with Crippen molar-refractivity contribution in [2.24, 2.45) is 5.73 Å². The lowest BCUT2D eigenvalue weighted by Crippen LogP contribution is -2.34. The molecule has 0 bridgehead atoms. The Bertz CT molecular complexity index is 1130. The minimum atomic E-state index is -2.60. The van der Waals surface area contributed by atoms with Crippen molar-refractivity contribution >= 4 is 17.0 Å². The molecule has 1 atom stereocenters. The summed E-state index contributed by atoms with van der Waals surface area (Å²) in [6, 6.07) is 7.26. The summed E-state index contributed by atoms with van der Waals surface area (Å²) in [5, 5.41) is 13.4. The lowest BCUT2D eigenvalue weighted by molar-refractivity contribution is 0.0983. The summed E-state index contributed by atoms with van der Waals surface area (Å²) in [5.41, 5.74) is 7.09. The average molecular weight is 446 g/mol. The second kappa shape index (κ2) is 9.47. The molecule has 1 unspecified atom stereocenters. The third-order valence-corrected chi connectivity index (χ3v) is 5.13. The van der Waals surface area contributed by atoms with Gasteiger partial charge in [-0.15, -0.1) is 0 Å². The highest BCUT2D eigenvalue weighted by molar-refractivity contribution is 5.76. The van der Waals surface area contributed by atoms with Crippen LogP contribution in [-0.4, -0.2) is 40.0 Å². The fourth-order valence-corrected chi connectivity index (χ4v) is 3.35. The van der Waals surface area contributed by atoms with Gasteiger partial charge in [0.25, 0.3) is 6.43 Å². The van der Waals surface area contributed by atoms with Crippen LogP contribution in [0.3, 0.4) is 0 Å². The highest BCUT2D eigenvalue weighted by Gasteiger charge is 2.22. The first kappa shape index (κ1) is 23.4. The molecule has 0 saturated carbocycles. The topological polar surface area (TPSA) is 125 Å². The van der Waals surface area contributed by atoms with Gasteiger partial charge in [0.2, 0.25) is 0 Å². The van der Waals surface area contributed by atoms with Gasteiger partial charge in [-0.1, -0.05) is 32.9 Å². The Hall–Kier alpha value is -3.27. The van der Waals surface area contributed by atoms with Crippen molar-refractivity contribution in [2.45, 2.75) is 45.1 Å². The molecule has 32 heavy (non-hydrogen) atoms. The van der Waals surface area contributed by atoms with E-state index in [1.807, 2.05) is 6.07 Å². The van der Waals surface area contributed by atoms with E-state index in [0.717, 1.165) is 11.1 Å². The van der Waals surface area contributed by atoms with Crippen molar-refractivity contribution in [1.82, 2.24) is 25.2 Å². The number of nitrogens with one attached hydrogen (secondary N) is 4. The van der Waals surface area contributed by atoms with E-state index in [4.69, 9.17) is 11.1 Å². The monoisotopic (exact) mass is 445 g/mol. The molecule has 2 heterocycles. The number of hydrogen-bond acceptors (Lipinski definition) is 4. The predicted molar refractivity (Wildman–Crippen MR) is 122 cm³/mol. The lowest BCUT2D eigenvalue weighted by atomic mass is 9.92. The maximum absolute atomic E-state index is 13.6. The van der Waals surface area contributed by atoms with Crippen molar-refractivity contribution in [1.29, 1.82) is 5.41 Å². The van der Waals surface area contributed by atoms with E-state index in [1.54, 1.807) is 30.5 Å². The van der Waals surface area contributed by atoms with E-state index in [1.165, 1.54) is 4.57 Å². The van der Waals surface area contributed by atoms with E-state index in [2.05, 4.69) is 41.4 Å². The second-order valence-electron chi connectivity index (χ2n) is 8.68. The molecular formula is C22H29F2N7O. The fraction of sp³-hybridized carbons (Fsp3) is 0.409. The van der Waals surface area contributed by atoms with Crippen LogP contribution in [0, 0.1) is 5.41 Å². The van der Waals surface area contributed by atoms with E-state index >= 15 is 0 Å². The highest BCUT2D eigenvalue weighted by Crippen LogP contribution is 2.25. The Morgan fingerprint density at radius 3 is 2.53 bits per heavy atom. The number of benzene rings is 1. The number of fused-ring (bicyclic) bond motifs is 1. The van der Waals surface area contributed by atoms with Crippen molar-refractivity contribution in [3.63, 3.8) is 0 Å². The van der Waals surface area contributed by atoms with Gasteiger partial charge in [0, 0.05) is 29.2 Å². The molecule has 0 fully saturated rings. The van der Waals surface area contributed by atoms with E-state index in [9.17, 15) is 13.6 Å². The van der Waals surface area contributed by atoms with Crippen LogP contribution in [0.1, 0.15) is 44.5 Å². The number of aromatic amines is 1. The first-order chi connectivity index (χ1) is 15.1. The maximum atomic E-state index is 13.6. The lowest BCUT2D eigenvalue weighted by Gasteiger charge is -2.19. The molecule has 0 spiro atoms. The number of H-pyrrole nitrogens is 1. The summed E-state index contributed by atoms with van der Waals surface area (Å²) in [6.45, 7) is 6.95. The molecule has 0 aliphatic heterocycles. The van der Waals surface area contributed by atoms with Crippen molar-refractivity contribution in [2.75, 3.05) is 13.1 Å². The number of rotatable bonds is 8. The number of guanidine groups is 1. The summed E-state index contributed by atoms with van der Waals surface area (Å²) >= 11 is 0. The minimum Gasteiger partial charge on any atom is -0.370 e. The zero-order valence-corrected chi connectivity index (χ0v) is 18.4. The summed E-state index contributed by atoms with van der Waals surface area (Å²) < 4.78 is 28.6. The molecule has 0 saturated heterocycles. The largest absolute Gasteiger partial charge is 0.370 e. The molecule has 2 aromatic heterocycles. The standard InChI is InChI=1S/C22H29F2N7O/c1-22(2,3)16-11-14-12-31(21(32)30-19(14)29-16)15-7-5-13(6-8-15)17(18(23)24)27-9-4-10-28-20(25)26/h5-8,11-12,17-18,27H,4,9-10H2,1-3H3,(H4,25,26,28)(H,29,30,32). The number of nitrogens with zero attached hydrogens (tertiary/aromatic N) is 2. The van der Waals surface area contributed by atoms with Gasteiger partial charge in [0.1, 0.15) is 5.65 Å². The molecule has 0 aliphatic rings. The number of alkyl halides is 2. The zero-order valence-electron chi connectivity index (χ0n) is 18.4. The van der Waals surface area contributed by atoms with Crippen LogP contribution < -0.4 is 22.1 Å². The molecule has 0 amide bonds. The Kier molecular flexibility index (Phi) is 6.93. The first-order valence-corrected chi connectivity index (χ1v) is 10.4. The van der Waals surface area contributed by atoms with Crippen molar-refractivity contribution in [3.05, 3.63) is 58.3 Å². The smallest absolute Gasteiger partial charge is 0.354 e. The highest BCUT2D eigenvalue weighted by atomic mass is 19.3. The van der Waals surface area contributed by atoms with Gasteiger partial charge in [-0.3, -0.25) is 9.98 Å². The summed E-state index contributed by atoms with van der Waals surface area (Å²) in [5.74, 6) is -0.150. The number of hydrogen-bond donors (Lipinski definition) is 5. The zero-order chi connectivity index (χ0) is 23.5. The number of aromatic nitrogens is 3. The van der Waals surface area contributed by atoms with Gasteiger partial charge < -0.3 is 21.4 Å². The molecule has 3 rings (SSSR count). The van der Waals surface area contributed by atoms with Gasteiger partial charge in [-0.25, -0.2) is 13.6 Å². The SMILES string of the molecule is CC(C)(C)c1cc2cn(-c3ccc(C(NCCCNC(=N)N)C(F)F)cc3)c(=O)nc2[nH]1. The first-order valence-electron chi connectivity index (χ1n) is 10.4. The molecule has 0 aliphatic carbocycles. The third-order valence-electron chi connectivity index (χ3n) is 5.13. The Labute approximate surface area is 184 Å². The van der Waals surface area contributed by atoms with Crippen LogP contribution in [0.15, 0.2) is 41.3 Å². The van der Waals surface area contributed by atoms with Crippen LogP contribution in [0.2, 0.25) is 0 Å².